The fourth-order valence-corrected chi connectivity index (χ4v) is 1.67. The highest BCUT2D eigenvalue weighted by molar-refractivity contribution is 5.89. The van der Waals surface area contributed by atoms with Crippen molar-refractivity contribution in [1.29, 1.82) is 0 Å². The van der Waals surface area contributed by atoms with Gasteiger partial charge in [-0.05, 0) is 30.5 Å². The van der Waals surface area contributed by atoms with E-state index in [1.807, 2.05) is 19.9 Å². The normalized spacial score (nSPS) is 11.4. The summed E-state index contributed by atoms with van der Waals surface area (Å²) in [5.41, 5.74) is 6.09. The average molecular weight is 221 g/mol. The first-order valence-electron chi connectivity index (χ1n) is 5.62. The van der Waals surface area contributed by atoms with Crippen LogP contribution in [0.25, 0.3) is 0 Å². The molecule has 0 aliphatic heterocycles. The number of rotatable bonds is 5. The third kappa shape index (κ3) is 2.83. The molecule has 3 N–H and O–H groups in total. The molecule has 0 aliphatic carbocycles. The van der Waals surface area contributed by atoms with Gasteiger partial charge < -0.3 is 10.8 Å². The van der Waals surface area contributed by atoms with Crippen LogP contribution >= 0.6 is 0 Å². The molecule has 0 fully saturated rings. The van der Waals surface area contributed by atoms with E-state index in [-0.39, 0.29) is 18.0 Å². The van der Waals surface area contributed by atoms with Crippen molar-refractivity contribution in [2.24, 2.45) is 5.73 Å². The Hall–Kier alpha value is -1.35. The lowest BCUT2D eigenvalue weighted by Crippen LogP contribution is -2.47. The Labute approximate surface area is 96.3 Å². The first-order chi connectivity index (χ1) is 7.51. The van der Waals surface area contributed by atoms with Gasteiger partial charge in [0.05, 0.1) is 5.54 Å². The van der Waals surface area contributed by atoms with Gasteiger partial charge in [-0.2, -0.15) is 0 Å². The monoisotopic (exact) mass is 221 g/mol. The Balaban J connectivity index is 2.78. The minimum atomic E-state index is -0.731. The predicted octanol–water partition coefficient (Wildman–Crippen LogP) is 2.02. The summed E-state index contributed by atoms with van der Waals surface area (Å²) in [5.74, 6) is 0.212. The maximum Gasteiger partial charge on any atom is 0.156 e. The molecular formula is C13H19NO2. The summed E-state index contributed by atoms with van der Waals surface area (Å²) < 4.78 is 0. The summed E-state index contributed by atoms with van der Waals surface area (Å²) in [6.07, 6.45) is 1.56. The molecule has 0 aromatic heterocycles. The van der Waals surface area contributed by atoms with Crippen molar-refractivity contribution in [1.82, 2.24) is 0 Å². The molecule has 1 rings (SSSR count). The minimum absolute atomic E-state index is 0.0306. The van der Waals surface area contributed by atoms with Crippen LogP contribution in [-0.4, -0.2) is 16.4 Å². The van der Waals surface area contributed by atoms with Crippen LogP contribution in [0.2, 0.25) is 0 Å². The Morgan fingerprint density at radius 3 is 2.50 bits per heavy atom. The smallest absolute Gasteiger partial charge is 0.156 e. The van der Waals surface area contributed by atoms with E-state index in [0.29, 0.717) is 12.8 Å². The maximum absolute atomic E-state index is 12.0. The zero-order valence-corrected chi connectivity index (χ0v) is 9.86. The van der Waals surface area contributed by atoms with Crippen LogP contribution in [0.3, 0.4) is 0 Å². The van der Waals surface area contributed by atoms with Crippen LogP contribution in [0.1, 0.15) is 32.3 Å². The molecule has 0 atom stereocenters. The number of nitrogens with two attached hydrogens (primary N) is 1. The van der Waals surface area contributed by atoms with E-state index in [1.54, 1.807) is 18.2 Å². The van der Waals surface area contributed by atoms with Gasteiger partial charge in [0.2, 0.25) is 0 Å². The highest BCUT2D eigenvalue weighted by Crippen LogP contribution is 2.18. The molecule has 1 aromatic rings. The summed E-state index contributed by atoms with van der Waals surface area (Å²) in [6.45, 7) is 3.84. The molecule has 0 aliphatic rings. The van der Waals surface area contributed by atoms with Crippen molar-refractivity contribution in [2.75, 3.05) is 0 Å². The number of hydrogen-bond acceptors (Lipinski definition) is 3. The lowest BCUT2D eigenvalue weighted by molar-refractivity contribution is -0.123. The van der Waals surface area contributed by atoms with E-state index in [9.17, 15) is 9.90 Å². The number of ketones is 1. The minimum Gasteiger partial charge on any atom is -0.508 e. The summed E-state index contributed by atoms with van der Waals surface area (Å²) in [7, 11) is 0. The molecule has 0 saturated heterocycles. The predicted molar refractivity (Wildman–Crippen MR) is 64.3 cm³/mol. The van der Waals surface area contributed by atoms with Gasteiger partial charge in [0.25, 0.3) is 0 Å². The number of phenols is 1. The van der Waals surface area contributed by atoms with Gasteiger partial charge >= 0.3 is 0 Å². The molecule has 3 heteroatoms. The molecule has 0 heterocycles. The van der Waals surface area contributed by atoms with Crippen molar-refractivity contribution >= 4 is 5.78 Å². The Morgan fingerprint density at radius 1 is 1.38 bits per heavy atom. The topological polar surface area (TPSA) is 63.3 Å². The van der Waals surface area contributed by atoms with Crippen LogP contribution in [0.4, 0.5) is 0 Å². The van der Waals surface area contributed by atoms with Crippen LogP contribution in [-0.2, 0) is 11.2 Å². The average Bonchev–Trinajstić information content (AvgIpc) is 2.28. The molecule has 3 nitrogen and oxygen atoms in total. The molecule has 88 valence electrons. The highest BCUT2D eigenvalue weighted by atomic mass is 16.3. The molecule has 0 unspecified atom stereocenters. The van der Waals surface area contributed by atoms with Gasteiger partial charge in [-0.15, -0.1) is 0 Å². The van der Waals surface area contributed by atoms with Gasteiger partial charge in [-0.1, -0.05) is 26.0 Å². The number of aromatic hydroxyl groups is 1. The molecule has 0 saturated carbocycles. The van der Waals surface area contributed by atoms with Crippen molar-refractivity contribution < 1.29 is 9.90 Å². The van der Waals surface area contributed by atoms with E-state index in [1.165, 1.54) is 0 Å². The van der Waals surface area contributed by atoms with Gasteiger partial charge in [0, 0.05) is 6.42 Å². The Bertz CT molecular complexity index is 370. The summed E-state index contributed by atoms with van der Waals surface area (Å²) >= 11 is 0. The van der Waals surface area contributed by atoms with E-state index in [2.05, 4.69) is 0 Å². The van der Waals surface area contributed by atoms with E-state index >= 15 is 0 Å². The zero-order valence-electron chi connectivity index (χ0n) is 9.86. The van der Waals surface area contributed by atoms with Crippen LogP contribution in [0.15, 0.2) is 24.3 Å². The van der Waals surface area contributed by atoms with Crippen molar-refractivity contribution in [3.05, 3.63) is 29.8 Å². The number of phenolic OH excluding ortho intramolecular Hbond substituents is 1. The molecule has 1 aromatic carbocycles. The highest BCUT2D eigenvalue weighted by Gasteiger charge is 2.29. The summed E-state index contributed by atoms with van der Waals surface area (Å²) in [6, 6.07) is 6.74. The molecular weight excluding hydrogens is 202 g/mol. The lowest BCUT2D eigenvalue weighted by atomic mass is 9.86. The standard InChI is InChI=1S/C13H19NO2/c1-3-13(14,4-2)12(16)9-10-6-5-7-11(15)8-10/h5-8,15H,3-4,9,14H2,1-2H3. The third-order valence-corrected chi connectivity index (χ3v) is 3.09. The number of benzene rings is 1. The second-order valence-electron chi connectivity index (χ2n) is 4.13. The molecule has 0 bridgehead atoms. The molecule has 0 amide bonds. The number of Topliss-reactive ketones (excluding diaryl/α,β-unsaturated/α-hetero) is 1. The first kappa shape index (κ1) is 12.7. The van der Waals surface area contributed by atoms with Crippen LogP contribution in [0.5, 0.6) is 5.75 Å². The SMILES string of the molecule is CCC(N)(CC)C(=O)Cc1cccc(O)c1. The van der Waals surface area contributed by atoms with E-state index in [0.717, 1.165) is 5.56 Å². The fourth-order valence-electron chi connectivity index (χ4n) is 1.67. The van der Waals surface area contributed by atoms with Gasteiger partial charge in [0.1, 0.15) is 5.75 Å². The second-order valence-corrected chi connectivity index (χ2v) is 4.13. The molecule has 16 heavy (non-hydrogen) atoms. The largest absolute Gasteiger partial charge is 0.508 e. The Kier molecular flexibility index (Phi) is 4.07. The second kappa shape index (κ2) is 5.12. The number of hydrogen-bond donors (Lipinski definition) is 2. The van der Waals surface area contributed by atoms with Crippen LogP contribution in [0, 0.1) is 0 Å². The van der Waals surface area contributed by atoms with Gasteiger partial charge in [-0.3, -0.25) is 4.79 Å². The van der Waals surface area contributed by atoms with E-state index < -0.39 is 5.54 Å². The third-order valence-electron chi connectivity index (χ3n) is 3.09. The maximum atomic E-state index is 12.0. The van der Waals surface area contributed by atoms with Crippen molar-refractivity contribution in [3.63, 3.8) is 0 Å². The number of carbonyl (C=O) groups excluding carboxylic acids is 1. The van der Waals surface area contributed by atoms with Crippen molar-refractivity contribution in [3.8, 4) is 5.75 Å². The van der Waals surface area contributed by atoms with Gasteiger partial charge in [0.15, 0.2) is 5.78 Å². The molecule has 0 radical (unpaired) electrons. The quantitative estimate of drug-likeness (QED) is 0.799. The zero-order chi connectivity index (χ0) is 12.2. The first-order valence-corrected chi connectivity index (χ1v) is 5.62. The number of carbonyl (C=O) groups is 1. The molecule has 0 spiro atoms. The van der Waals surface area contributed by atoms with Crippen molar-refractivity contribution in [2.45, 2.75) is 38.6 Å². The van der Waals surface area contributed by atoms with Crippen LogP contribution < -0.4 is 5.73 Å². The summed E-state index contributed by atoms with van der Waals surface area (Å²) in [5, 5.41) is 9.30. The fraction of sp³-hybridized carbons (Fsp3) is 0.462. The van der Waals surface area contributed by atoms with E-state index in [4.69, 9.17) is 5.73 Å². The summed E-state index contributed by atoms with van der Waals surface area (Å²) in [4.78, 5) is 12.0. The lowest BCUT2D eigenvalue weighted by Gasteiger charge is -2.24. The Morgan fingerprint density at radius 2 is 2.00 bits per heavy atom. The van der Waals surface area contributed by atoms with Gasteiger partial charge in [-0.25, -0.2) is 0 Å².